The van der Waals surface area contributed by atoms with Gasteiger partial charge < -0.3 is 14.8 Å². The van der Waals surface area contributed by atoms with E-state index in [0.29, 0.717) is 5.76 Å². The fourth-order valence-electron chi connectivity index (χ4n) is 1.84. The Kier molecular flexibility index (Phi) is 5.13. The number of nitro groups is 1. The second kappa shape index (κ2) is 7.06. The van der Waals surface area contributed by atoms with Crippen LogP contribution in [0.5, 0.6) is 0 Å². The molecule has 1 aromatic carbocycles. The molecule has 1 heterocycles. The van der Waals surface area contributed by atoms with Gasteiger partial charge in [0.25, 0.3) is 11.6 Å². The van der Waals surface area contributed by atoms with Gasteiger partial charge in [0, 0.05) is 18.2 Å². The molecule has 0 radical (unpaired) electrons. The van der Waals surface area contributed by atoms with Crippen molar-refractivity contribution in [2.45, 2.75) is 12.5 Å². The zero-order valence-electron chi connectivity index (χ0n) is 11.4. The average Bonchev–Trinajstić information content (AvgIpc) is 3.01. The van der Waals surface area contributed by atoms with Crippen LogP contribution in [0.25, 0.3) is 0 Å². The van der Waals surface area contributed by atoms with Crippen LogP contribution in [0.4, 0.5) is 5.69 Å². The predicted octanol–water partition coefficient (Wildman–Crippen LogP) is 2.69. The third kappa shape index (κ3) is 3.84. The van der Waals surface area contributed by atoms with E-state index in [1.54, 1.807) is 12.1 Å². The molecular weight excluding hydrogens is 312 g/mol. The Balaban J connectivity index is 1.92. The molecule has 0 bridgehead atoms. The van der Waals surface area contributed by atoms with Gasteiger partial charge >= 0.3 is 0 Å². The average molecular weight is 325 g/mol. The Labute approximate surface area is 130 Å². The predicted molar refractivity (Wildman–Crippen MR) is 78.7 cm³/mol. The van der Waals surface area contributed by atoms with Crippen LogP contribution in [0, 0.1) is 10.1 Å². The van der Waals surface area contributed by atoms with E-state index in [-0.39, 0.29) is 29.2 Å². The minimum atomic E-state index is -0.824. The lowest BCUT2D eigenvalue weighted by molar-refractivity contribution is -0.384. The molecule has 1 unspecified atom stereocenters. The van der Waals surface area contributed by atoms with Crippen LogP contribution < -0.4 is 5.32 Å². The third-order valence-corrected chi connectivity index (χ3v) is 3.30. The highest BCUT2D eigenvalue weighted by molar-refractivity contribution is 6.32. The van der Waals surface area contributed by atoms with Crippen molar-refractivity contribution in [3.8, 4) is 0 Å². The lowest BCUT2D eigenvalue weighted by Gasteiger charge is -2.09. The molecule has 0 aliphatic rings. The molecule has 2 rings (SSSR count). The van der Waals surface area contributed by atoms with Gasteiger partial charge in [0.05, 0.1) is 11.2 Å². The molecular formula is C14H13ClN2O5. The number of nitrogens with one attached hydrogen (secondary N) is 1. The number of carbonyl (C=O) groups is 1. The minimum Gasteiger partial charge on any atom is -0.467 e. The van der Waals surface area contributed by atoms with E-state index in [2.05, 4.69) is 5.32 Å². The third-order valence-electron chi connectivity index (χ3n) is 2.98. The molecule has 2 aromatic rings. The molecule has 1 aromatic heterocycles. The summed E-state index contributed by atoms with van der Waals surface area (Å²) >= 11 is 5.68. The van der Waals surface area contributed by atoms with Crippen LogP contribution in [-0.4, -0.2) is 22.5 Å². The fraction of sp³-hybridized carbons (Fsp3) is 0.214. The number of nitrogens with zero attached hydrogens (tertiary/aromatic N) is 1. The van der Waals surface area contributed by atoms with Gasteiger partial charge in [-0.05, 0) is 30.7 Å². The van der Waals surface area contributed by atoms with Crippen molar-refractivity contribution in [3.63, 3.8) is 0 Å². The Morgan fingerprint density at radius 3 is 2.86 bits per heavy atom. The summed E-state index contributed by atoms with van der Waals surface area (Å²) in [4.78, 5) is 22.0. The zero-order chi connectivity index (χ0) is 16.1. The quantitative estimate of drug-likeness (QED) is 0.627. The number of aliphatic hydroxyl groups is 1. The van der Waals surface area contributed by atoms with Crippen molar-refractivity contribution in [2.24, 2.45) is 0 Å². The van der Waals surface area contributed by atoms with Crippen molar-refractivity contribution in [2.75, 3.05) is 6.54 Å². The summed E-state index contributed by atoms with van der Waals surface area (Å²) in [7, 11) is 0. The molecule has 116 valence electrons. The van der Waals surface area contributed by atoms with Crippen LogP contribution in [0.15, 0.2) is 41.0 Å². The number of furan rings is 1. The van der Waals surface area contributed by atoms with E-state index in [0.717, 1.165) is 6.07 Å². The SMILES string of the molecule is O=C(NCCC(O)c1ccco1)c1ccc(Cl)c([N+](=O)[O-])c1. The maximum absolute atomic E-state index is 11.9. The summed E-state index contributed by atoms with van der Waals surface area (Å²) in [6.45, 7) is 0.192. The van der Waals surface area contributed by atoms with Gasteiger partial charge in [0.15, 0.2) is 0 Å². The molecule has 1 atom stereocenters. The molecule has 7 nitrogen and oxygen atoms in total. The second-order valence-electron chi connectivity index (χ2n) is 4.50. The van der Waals surface area contributed by atoms with Crippen LogP contribution in [0.2, 0.25) is 5.02 Å². The van der Waals surface area contributed by atoms with Gasteiger partial charge in [-0.25, -0.2) is 0 Å². The molecule has 0 aliphatic carbocycles. The second-order valence-corrected chi connectivity index (χ2v) is 4.91. The molecule has 0 saturated carbocycles. The van der Waals surface area contributed by atoms with Crippen molar-refractivity contribution >= 4 is 23.2 Å². The number of aliphatic hydroxyl groups excluding tert-OH is 1. The topological polar surface area (TPSA) is 106 Å². The Morgan fingerprint density at radius 1 is 1.45 bits per heavy atom. The van der Waals surface area contributed by atoms with E-state index >= 15 is 0 Å². The standard InChI is InChI=1S/C14H13ClN2O5/c15-10-4-3-9(8-11(10)17(20)21)14(19)16-6-5-12(18)13-2-1-7-22-13/h1-4,7-8,12,18H,5-6H2,(H,16,19). The van der Waals surface area contributed by atoms with Gasteiger partial charge in [-0.3, -0.25) is 14.9 Å². The van der Waals surface area contributed by atoms with Gasteiger partial charge in [-0.2, -0.15) is 0 Å². The molecule has 0 fully saturated rings. The van der Waals surface area contributed by atoms with Gasteiger partial charge in [-0.1, -0.05) is 11.6 Å². The van der Waals surface area contributed by atoms with Gasteiger partial charge in [0.1, 0.15) is 16.9 Å². The first-order valence-corrected chi connectivity index (χ1v) is 6.80. The van der Waals surface area contributed by atoms with E-state index in [1.807, 2.05) is 0 Å². The van der Waals surface area contributed by atoms with Gasteiger partial charge in [0.2, 0.25) is 0 Å². The largest absolute Gasteiger partial charge is 0.467 e. The summed E-state index contributed by atoms with van der Waals surface area (Å²) in [6.07, 6.45) is 0.883. The van der Waals surface area contributed by atoms with Gasteiger partial charge in [-0.15, -0.1) is 0 Å². The highest BCUT2D eigenvalue weighted by Gasteiger charge is 2.16. The fourth-order valence-corrected chi connectivity index (χ4v) is 2.03. The Morgan fingerprint density at radius 2 is 2.23 bits per heavy atom. The first-order valence-electron chi connectivity index (χ1n) is 6.42. The van der Waals surface area contributed by atoms with E-state index < -0.39 is 16.9 Å². The molecule has 1 amide bonds. The van der Waals surface area contributed by atoms with E-state index in [4.69, 9.17) is 16.0 Å². The maximum atomic E-state index is 11.9. The van der Waals surface area contributed by atoms with Crippen molar-refractivity contribution in [1.82, 2.24) is 5.32 Å². The van der Waals surface area contributed by atoms with Crippen LogP contribution in [0.3, 0.4) is 0 Å². The Hall–Kier alpha value is -2.38. The van der Waals surface area contributed by atoms with E-state index in [9.17, 15) is 20.0 Å². The summed E-state index contributed by atoms with van der Waals surface area (Å²) in [5, 5.41) is 23.1. The number of hydrogen-bond acceptors (Lipinski definition) is 5. The first-order chi connectivity index (χ1) is 10.5. The van der Waals surface area contributed by atoms with Crippen molar-refractivity contribution < 1.29 is 19.2 Å². The molecule has 8 heteroatoms. The number of benzene rings is 1. The molecule has 22 heavy (non-hydrogen) atoms. The molecule has 0 saturated heterocycles. The first kappa shape index (κ1) is 16.0. The number of hydrogen-bond donors (Lipinski definition) is 2. The lowest BCUT2D eigenvalue weighted by Crippen LogP contribution is -2.25. The van der Waals surface area contributed by atoms with E-state index in [1.165, 1.54) is 18.4 Å². The molecule has 0 aliphatic heterocycles. The highest BCUT2D eigenvalue weighted by atomic mass is 35.5. The zero-order valence-corrected chi connectivity index (χ0v) is 12.1. The monoisotopic (exact) mass is 324 g/mol. The normalized spacial score (nSPS) is 11.9. The maximum Gasteiger partial charge on any atom is 0.288 e. The number of amides is 1. The summed E-state index contributed by atoms with van der Waals surface area (Å²) < 4.78 is 5.04. The summed E-state index contributed by atoms with van der Waals surface area (Å²) in [5.74, 6) is -0.0669. The molecule has 2 N–H and O–H groups in total. The summed E-state index contributed by atoms with van der Waals surface area (Å²) in [5.41, 5.74) is -0.200. The lowest BCUT2D eigenvalue weighted by atomic mass is 10.1. The van der Waals surface area contributed by atoms with Crippen LogP contribution in [0.1, 0.15) is 28.6 Å². The van der Waals surface area contributed by atoms with Crippen LogP contribution >= 0.6 is 11.6 Å². The van der Waals surface area contributed by atoms with Crippen LogP contribution in [-0.2, 0) is 0 Å². The number of rotatable bonds is 6. The Bertz CT molecular complexity index is 672. The smallest absolute Gasteiger partial charge is 0.288 e. The summed E-state index contributed by atoms with van der Waals surface area (Å²) in [6, 6.07) is 7.10. The minimum absolute atomic E-state index is 0.0326. The molecule has 0 spiro atoms. The number of carbonyl (C=O) groups excluding carboxylic acids is 1. The highest BCUT2D eigenvalue weighted by Crippen LogP contribution is 2.25. The number of halogens is 1. The number of nitro benzene ring substituents is 1. The van der Waals surface area contributed by atoms with Crippen molar-refractivity contribution in [1.29, 1.82) is 0 Å². The van der Waals surface area contributed by atoms with Crippen molar-refractivity contribution in [3.05, 3.63) is 63.1 Å².